The van der Waals surface area contributed by atoms with Gasteiger partial charge in [-0.3, -0.25) is 4.79 Å². The summed E-state index contributed by atoms with van der Waals surface area (Å²) < 4.78 is 12.2. The van der Waals surface area contributed by atoms with E-state index in [1.165, 1.54) is 0 Å². The number of rotatable bonds is 7. The van der Waals surface area contributed by atoms with Gasteiger partial charge in [0.2, 0.25) is 5.91 Å². The van der Waals surface area contributed by atoms with E-state index < -0.39 is 0 Å². The third kappa shape index (κ3) is 4.99. The molecule has 1 amide bonds. The zero-order chi connectivity index (χ0) is 24.2. The predicted molar refractivity (Wildman–Crippen MR) is 131 cm³/mol. The molecule has 5 heterocycles. The van der Waals surface area contributed by atoms with Crippen molar-refractivity contribution in [3.8, 4) is 22.9 Å². The van der Waals surface area contributed by atoms with Gasteiger partial charge in [-0.15, -0.1) is 5.10 Å². The Kier molecular flexibility index (Phi) is 6.40. The SMILES string of the molecule is COc1cc(-c2ccn3nc(Nc4cccc(NC(=O)C5CCCCN5)n4)cc3n2)cnc1OC. The Bertz CT molecular complexity index is 1350. The molecule has 35 heavy (non-hydrogen) atoms. The Balaban J connectivity index is 1.32. The van der Waals surface area contributed by atoms with Crippen molar-refractivity contribution < 1.29 is 14.3 Å². The van der Waals surface area contributed by atoms with Crippen LogP contribution in [0.25, 0.3) is 16.9 Å². The van der Waals surface area contributed by atoms with Crippen molar-refractivity contribution >= 4 is 29.0 Å². The molecule has 4 aromatic rings. The summed E-state index contributed by atoms with van der Waals surface area (Å²) in [6.07, 6.45) is 6.48. The summed E-state index contributed by atoms with van der Waals surface area (Å²) in [5.74, 6) is 2.49. The fourth-order valence-corrected chi connectivity index (χ4v) is 3.97. The van der Waals surface area contributed by atoms with Gasteiger partial charge >= 0.3 is 0 Å². The number of carbonyl (C=O) groups excluding carboxylic acids is 1. The zero-order valence-corrected chi connectivity index (χ0v) is 19.5. The molecule has 0 saturated carbocycles. The summed E-state index contributed by atoms with van der Waals surface area (Å²) in [5.41, 5.74) is 2.16. The fraction of sp³-hybridized carbons (Fsp3) is 0.292. The molecule has 1 aliphatic rings. The Morgan fingerprint density at radius 3 is 2.77 bits per heavy atom. The smallest absolute Gasteiger partial charge is 0.256 e. The average molecular weight is 475 g/mol. The number of nitrogens with zero attached hydrogens (tertiary/aromatic N) is 5. The van der Waals surface area contributed by atoms with E-state index >= 15 is 0 Å². The van der Waals surface area contributed by atoms with Crippen LogP contribution in [0.5, 0.6) is 11.6 Å². The van der Waals surface area contributed by atoms with Crippen molar-refractivity contribution in [2.45, 2.75) is 25.3 Å². The van der Waals surface area contributed by atoms with Crippen LogP contribution in [-0.2, 0) is 4.79 Å². The molecule has 4 aromatic heterocycles. The predicted octanol–water partition coefficient (Wildman–Crippen LogP) is 3.03. The number of nitrogens with one attached hydrogen (secondary N) is 3. The zero-order valence-electron chi connectivity index (χ0n) is 19.5. The molecule has 1 saturated heterocycles. The summed E-state index contributed by atoms with van der Waals surface area (Å²) in [7, 11) is 3.11. The van der Waals surface area contributed by atoms with Crippen LogP contribution in [0.1, 0.15) is 19.3 Å². The molecular weight excluding hydrogens is 448 g/mol. The van der Waals surface area contributed by atoms with Crippen LogP contribution < -0.4 is 25.4 Å². The van der Waals surface area contributed by atoms with Crippen LogP contribution >= 0.6 is 0 Å². The normalized spacial score (nSPS) is 15.5. The van der Waals surface area contributed by atoms with Crippen LogP contribution in [0, 0.1) is 0 Å². The van der Waals surface area contributed by atoms with Gasteiger partial charge in [-0.25, -0.2) is 19.5 Å². The molecule has 0 aromatic carbocycles. The Morgan fingerprint density at radius 2 is 1.97 bits per heavy atom. The van der Waals surface area contributed by atoms with Crippen LogP contribution in [0.15, 0.2) is 48.8 Å². The summed E-state index contributed by atoms with van der Waals surface area (Å²) in [4.78, 5) is 26.0. The first-order chi connectivity index (χ1) is 17.1. The second-order valence-electron chi connectivity index (χ2n) is 8.11. The minimum atomic E-state index is -0.179. The lowest BCUT2D eigenvalue weighted by molar-refractivity contribution is -0.118. The number of ether oxygens (including phenoxy) is 2. The van der Waals surface area contributed by atoms with Crippen molar-refractivity contribution in [1.82, 2.24) is 29.9 Å². The van der Waals surface area contributed by atoms with Crippen molar-refractivity contribution in [3.63, 3.8) is 0 Å². The minimum absolute atomic E-state index is 0.0662. The van der Waals surface area contributed by atoms with Gasteiger partial charge in [0.25, 0.3) is 5.88 Å². The lowest BCUT2D eigenvalue weighted by Gasteiger charge is -2.22. The highest BCUT2D eigenvalue weighted by Crippen LogP contribution is 2.29. The first-order valence-electron chi connectivity index (χ1n) is 11.4. The number of pyridine rings is 2. The number of methoxy groups -OCH3 is 2. The highest BCUT2D eigenvalue weighted by Gasteiger charge is 2.20. The molecule has 11 heteroatoms. The van der Waals surface area contributed by atoms with E-state index in [9.17, 15) is 4.79 Å². The lowest BCUT2D eigenvalue weighted by Crippen LogP contribution is -2.43. The Morgan fingerprint density at radius 1 is 1.09 bits per heavy atom. The number of hydrogen-bond acceptors (Lipinski definition) is 9. The Hall–Kier alpha value is -4.25. The minimum Gasteiger partial charge on any atom is -0.491 e. The van der Waals surface area contributed by atoms with Crippen molar-refractivity contribution in [3.05, 3.63) is 48.8 Å². The molecule has 1 aliphatic heterocycles. The monoisotopic (exact) mass is 474 g/mol. The Labute approximate surface area is 201 Å². The highest BCUT2D eigenvalue weighted by molar-refractivity contribution is 5.94. The topological polar surface area (TPSA) is 128 Å². The van der Waals surface area contributed by atoms with Gasteiger partial charge in [-0.1, -0.05) is 12.5 Å². The van der Waals surface area contributed by atoms with Gasteiger partial charge in [0.05, 0.1) is 26.0 Å². The van der Waals surface area contributed by atoms with E-state index in [4.69, 9.17) is 9.47 Å². The van der Waals surface area contributed by atoms with Crippen molar-refractivity contribution in [1.29, 1.82) is 0 Å². The fourth-order valence-electron chi connectivity index (χ4n) is 3.97. The molecule has 1 atom stereocenters. The molecule has 5 rings (SSSR count). The lowest BCUT2D eigenvalue weighted by atomic mass is 10.0. The number of fused-ring (bicyclic) bond motifs is 1. The molecular formula is C24H26N8O3. The molecule has 0 spiro atoms. The molecule has 0 bridgehead atoms. The molecule has 1 unspecified atom stereocenters. The number of aromatic nitrogens is 5. The van der Waals surface area contributed by atoms with E-state index in [-0.39, 0.29) is 11.9 Å². The third-order valence-electron chi connectivity index (χ3n) is 5.74. The third-order valence-corrected chi connectivity index (χ3v) is 5.74. The molecule has 0 aliphatic carbocycles. The number of piperidine rings is 1. The molecule has 180 valence electrons. The number of amides is 1. The van der Waals surface area contributed by atoms with Crippen LogP contribution in [-0.4, -0.2) is 57.3 Å². The summed E-state index contributed by atoms with van der Waals surface area (Å²) in [6.45, 7) is 0.860. The van der Waals surface area contributed by atoms with Crippen molar-refractivity contribution in [2.75, 3.05) is 31.4 Å². The number of carbonyl (C=O) groups is 1. The van der Waals surface area contributed by atoms with Crippen LogP contribution in [0.4, 0.5) is 17.5 Å². The van der Waals surface area contributed by atoms with Crippen molar-refractivity contribution in [2.24, 2.45) is 0 Å². The van der Waals surface area contributed by atoms with Gasteiger partial charge in [0.15, 0.2) is 17.2 Å². The van der Waals surface area contributed by atoms with Gasteiger partial charge in [0.1, 0.15) is 11.6 Å². The number of anilines is 3. The maximum atomic E-state index is 12.5. The van der Waals surface area contributed by atoms with Gasteiger partial charge < -0.3 is 25.4 Å². The van der Waals surface area contributed by atoms with Crippen LogP contribution in [0.2, 0.25) is 0 Å². The average Bonchev–Trinajstić information content (AvgIpc) is 3.30. The summed E-state index contributed by atoms with van der Waals surface area (Å²) in [6, 6.07) is 10.7. The van der Waals surface area contributed by atoms with Gasteiger partial charge in [0, 0.05) is 24.0 Å². The van der Waals surface area contributed by atoms with E-state index in [2.05, 4.69) is 36.0 Å². The van der Waals surface area contributed by atoms with Gasteiger partial charge in [-0.2, -0.15) is 0 Å². The molecule has 3 N–H and O–H groups in total. The largest absolute Gasteiger partial charge is 0.491 e. The second kappa shape index (κ2) is 9.94. The van der Waals surface area contributed by atoms with E-state index in [0.717, 1.165) is 37.1 Å². The van der Waals surface area contributed by atoms with Crippen LogP contribution in [0.3, 0.4) is 0 Å². The first-order valence-corrected chi connectivity index (χ1v) is 11.4. The van der Waals surface area contributed by atoms with E-state index in [1.807, 2.05) is 36.5 Å². The van der Waals surface area contributed by atoms with E-state index in [1.54, 1.807) is 31.0 Å². The molecule has 0 radical (unpaired) electrons. The maximum absolute atomic E-state index is 12.5. The molecule has 11 nitrogen and oxygen atoms in total. The molecule has 1 fully saturated rings. The highest BCUT2D eigenvalue weighted by atomic mass is 16.5. The second-order valence-corrected chi connectivity index (χ2v) is 8.11. The first kappa shape index (κ1) is 22.5. The maximum Gasteiger partial charge on any atom is 0.256 e. The van der Waals surface area contributed by atoms with E-state index in [0.29, 0.717) is 34.7 Å². The quantitative estimate of drug-likeness (QED) is 0.370. The number of hydrogen-bond donors (Lipinski definition) is 3. The summed E-state index contributed by atoms with van der Waals surface area (Å²) >= 11 is 0. The van der Waals surface area contributed by atoms with Gasteiger partial charge in [-0.05, 0) is 43.7 Å². The standard InChI is InChI=1S/C24H26N8O3/c1-34-18-12-15(14-26-24(18)35-2)16-9-11-32-22(27-16)13-21(31-32)29-19-7-5-8-20(28-19)30-23(33)17-6-3-4-10-25-17/h5,7-9,11-14,17,25H,3-4,6,10H2,1-2H3,(H2,28,29,30,31,33). The summed E-state index contributed by atoms with van der Waals surface area (Å²) in [5, 5.41) is 13.8.